The van der Waals surface area contributed by atoms with Gasteiger partial charge in [-0.25, -0.2) is 19.9 Å². The van der Waals surface area contributed by atoms with E-state index in [1.54, 1.807) is 28.4 Å². The maximum Gasteiger partial charge on any atom is 0.180 e. The van der Waals surface area contributed by atoms with E-state index in [0.29, 0.717) is 71.7 Å². The van der Waals surface area contributed by atoms with Crippen LogP contribution in [0.1, 0.15) is 144 Å². The van der Waals surface area contributed by atoms with E-state index in [-0.39, 0.29) is 50.1 Å². The number of alkyl halides is 9. The average molecular weight is 1690 g/mol. The third-order valence-corrected chi connectivity index (χ3v) is 16.4. The van der Waals surface area contributed by atoms with Crippen molar-refractivity contribution in [3.8, 4) is 46.0 Å². The minimum atomic E-state index is -0.750. The Balaban J connectivity index is 0.00000103. The van der Waals surface area contributed by atoms with Gasteiger partial charge in [-0.1, -0.05) is 156 Å². The second kappa shape index (κ2) is 39.0. The standard InChI is InChI=1S/C64H64Br4N4O8.3CHCl3/c1-9-41-45-25-50(58(29-53(45)73-5)78-34-38-18-14-22-62(66)70-38)43(11-3)47-27-52(60(31-55(47)75-7)80-36-40-20-16-24-64(68)72-40)44(12-4)48-28-51(59(32-56(48)76-8)79-35-39-19-15-23-63(67)71-39)42(10-2)46-26-49(41)57(30-54(46)74-6)77-33-37-17-13-21-61(65)69-37;3*2-1(3)4/h13-32,41-44H,9-12,33-36H2,1-8H3;3*1H/t41-,42-,43-,44-;;;/m1.../s1. The first kappa shape index (κ1) is 77.4. The quantitative estimate of drug-likeness (QED) is 0.0533. The molecule has 0 saturated heterocycles. The Kier molecular flexibility index (Phi) is 32.8. The van der Waals surface area contributed by atoms with Crippen LogP contribution in [-0.4, -0.2) is 61.3 Å². The summed E-state index contributed by atoms with van der Waals surface area (Å²) in [5.41, 5.74) is 10.7. The molecule has 4 aromatic heterocycles. The van der Waals surface area contributed by atoms with Crippen LogP contribution in [0, 0.1) is 0 Å². The number of fused-ring (bicyclic) bond motifs is 8. The highest BCUT2D eigenvalue weighted by molar-refractivity contribution is 9.11. The Morgan fingerprint density at radius 2 is 0.478 bits per heavy atom. The van der Waals surface area contributed by atoms with Gasteiger partial charge in [-0.2, -0.15) is 0 Å². The van der Waals surface area contributed by atoms with Gasteiger partial charge in [0, 0.05) is 92.4 Å². The van der Waals surface area contributed by atoms with Gasteiger partial charge in [-0.15, -0.1) is 0 Å². The summed E-state index contributed by atoms with van der Waals surface area (Å²) in [5.74, 6) is 4.22. The molecule has 4 heterocycles. The van der Waals surface area contributed by atoms with Crippen LogP contribution in [0.15, 0.2) is 140 Å². The first-order valence-corrected chi connectivity index (χ1v) is 35.8. The molecule has 92 heavy (non-hydrogen) atoms. The molecule has 0 radical (unpaired) electrons. The fraction of sp³-hybridized carbons (Fsp3) is 0.343. The van der Waals surface area contributed by atoms with Crippen LogP contribution in [0.5, 0.6) is 46.0 Å². The molecule has 0 spiro atoms. The molecule has 8 bridgehead atoms. The van der Waals surface area contributed by atoms with Gasteiger partial charge in [0.25, 0.3) is 0 Å². The maximum absolute atomic E-state index is 6.94. The van der Waals surface area contributed by atoms with Crippen molar-refractivity contribution >= 4 is 168 Å². The van der Waals surface area contributed by atoms with Crippen LogP contribution < -0.4 is 37.9 Å². The zero-order valence-electron chi connectivity index (χ0n) is 51.2. The summed E-state index contributed by atoms with van der Waals surface area (Å²) in [4.78, 5) is 19.0. The van der Waals surface area contributed by atoms with Crippen molar-refractivity contribution in [2.45, 2.75) is 116 Å². The van der Waals surface area contributed by atoms with E-state index in [1.165, 1.54) is 0 Å². The Morgan fingerprint density at radius 1 is 0.304 bits per heavy atom. The SMILES string of the molecule is CC[C@@H]1c2cc(c(OCc3cccc(Br)n3)cc2OC)[C@H](CC)c2cc(c(OCc3cccc(Br)n3)cc2OC)[C@H](CC)c2cc(c(OCc3cccc(Br)n3)cc2OC)[C@H](CC)c2cc1c(OCc1cccc(Br)n1)cc2OC.ClC(Cl)Cl.ClC(Cl)Cl.ClC(Cl)Cl. The molecule has 9 rings (SSSR count). The Morgan fingerprint density at radius 3 is 0.630 bits per heavy atom. The van der Waals surface area contributed by atoms with E-state index in [1.807, 2.05) is 97.1 Å². The van der Waals surface area contributed by atoms with Crippen molar-refractivity contribution in [1.82, 2.24) is 19.9 Å². The van der Waals surface area contributed by atoms with Gasteiger partial charge in [0.2, 0.25) is 0 Å². The van der Waals surface area contributed by atoms with Gasteiger partial charge < -0.3 is 37.9 Å². The fourth-order valence-corrected chi connectivity index (χ4v) is 12.4. The summed E-state index contributed by atoms with van der Waals surface area (Å²) in [7, 11) is 6.86. The number of hydrogen-bond acceptors (Lipinski definition) is 12. The second-order valence-corrected chi connectivity index (χ2v) is 29.3. The minimum absolute atomic E-state index is 0.211. The molecule has 0 fully saturated rings. The zero-order chi connectivity index (χ0) is 67.2. The van der Waals surface area contributed by atoms with Gasteiger partial charge in [0.05, 0.1) is 51.2 Å². The molecule has 0 unspecified atom stereocenters. The average Bonchev–Trinajstić information content (AvgIpc) is 0.755. The highest BCUT2D eigenvalue weighted by atomic mass is 79.9. The molecule has 25 heteroatoms. The van der Waals surface area contributed by atoms with Crippen LogP contribution in [0.25, 0.3) is 0 Å². The predicted octanol–water partition coefficient (Wildman–Crippen LogP) is 23.1. The van der Waals surface area contributed by atoms with Crippen molar-refractivity contribution in [1.29, 1.82) is 0 Å². The van der Waals surface area contributed by atoms with E-state index in [4.69, 9.17) is 162 Å². The third kappa shape index (κ3) is 22.2. The van der Waals surface area contributed by atoms with Crippen LogP contribution in [0.3, 0.4) is 0 Å². The number of halogens is 13. The van der Waals surface area contributed by atoms with Gasteiger partial charge >= 0.3 is 0 Å². The van der Waals surface area contributed by atoms with Crippen LogP contribution >= 0.6 is 168 Å². The predicted molar refractivity (Wildman–Crippen MR) is 390 cm³/mol. The largest absolute Gasteiger partial charge is 0.496 e. The molecule has 0 N–H and O–H groups in total. The van der Waals surface area contributed by atoms with E-state index < -0.39 is 12.9 Å². The van der Waals surface area contributed by atoms with E-state index in [9.17, 15) is 0 Å². The van der Waals surface area contributed by atoms with Crippen molar-refractivity contribution in [2.75, 3.05) is 28.4 Å². The number of hydrogen-bond donors (Lipinski definition) is 0. The molecular weight excluding hydrogens is 1630 g/mol. The molecule has 0 aliphatic heterocycles. The molecule has 1 aliphatic carbocycles. The van der Waals surface area contributed by atoms with Crippen LogP contribution in [0.4, 0.5) is 0 Å². The number of methoxy groups -OCH3 is 4. The number of nitrogens with zero attached hydrogens (tertiary/aromatic N) is 4. The van der Waals surface area contributed by atoms with E-state index >= 15 is 0 Å². The summed E-state index contributed by atoms with van der Waals surface area (Å²) in [6.45, 7) is 9.64. The highest BCUT2D eigenvalue weighted by Crippen LogP contribution is 2.53. The summed E-state index contributed by atoms with van der Waals surface area (Å²) >= 11 is 57.5. The van der Waals surface area contributed by atoms with Gasteiger partial charge in [0.1, 0.15) is 90.8 Å². The van der Waals surface area contributed by atoms with Crippen LogP contribution in [0.2, 0.25) is 0 Å². The van der Waals surface area contributed by atoms with E-state index in [2.05, 4.69) is 116 Å². The first-order chi connectivity index (χ1) is 44.1. The molecule has 0 amide bonds. The molecule has 0 saturated carbocycles. The monoisotopic (exact) mass is 1690 g/mol. The summed E-state index contributed by atoms with van der Waals surface area (Å²) in [5, 5.41) is 0. The lowest BCUT2D eigenvalue weighted by molar-refractivity contribution is 0.290. The number of aromatic nitrogens is 4. The van der Waals surface area contributed by atoms with E-state index in [0.717, 1.165) is 85.7 Å². The Labute approximate surface area is 617 Å². The summed E-state index contributed by atoms with van der Waals surface area (Å²) in [6, 6.07) is 40.5. The van der Waals surface area contributed by atoms with Crippen molar-refractivity contribution in [2.24, 2.45) is 0 Å². The van der Waals surface area contributed by atoms with Gasteiger partial charge in [-0.05, 0) is 162 Å². The third-order valence-electron chi connectivity index (χ3n) is 14.7. The van der Waals surface area contributed by atoms with Gasteiger partial charge in [0.15, 0.2) is 12.9 Å². The van der Waals surface area contributed by atoms with Crippen molar-refractivity contribution in [3.63, 3.8) is 0 Å². The number of rotatable bonds is 20. The Bertz CT molecular complexity index is 3200. The smallest absolute Gasteiger partial charge is 0.180 e. The minimum Gasteiger partial charge on any atom is -0.496 e. The lowest BCUT2D eigenvalue weighted by Crippen LogP contribution is -2.15. The second-order valence-electron chi connectivity index (χ2n) is 20.1. The molecule has 4 atom stereocenters. The maximum atomic E-state index is 6.94. The highest BCUT2D eigenvalue weighted by Gasteiger charge is 2.34. The van der Waals surface area contributed by atoms with Crippen LogP contribution in [-0.2, 0) is 26.4 Å². The zero-order valence-corrected chi connectivity index (χ0v) is 64.4. The molecule has 1 aliphatic rings. The van der Waals surface area contributed by atoms with Gasteiger partial charge in [-0.3, -0.25) is 0 Å². The molecule has 12 nitrogen and oxygen atoms in total. The number of pyridine rings is 4. The molecular formula is C67H67Br4Cl9N4O8. The van der Waals surface area contributed by atoms with Crippen molar-refractivity contribution in [3.05, 3.63) is 207 Å². The fourth-order valence-electron chi connectivity index (χ4n) is 10.9. The molecule has 494 valence electrons. The number of benzene rings is 4. The topological polar surface area (TPSA) is 125 Å². The number of ether oxygens (including phenoxy) is 8. The lowest BCUT2D eigenvalue weighted by Gasteiger charge is -2.31. The first-order valence-electron chi connectivity index (χ1n) is 28.7. The normalized spacial score (nSPS) is 14.8. The molecule has 8 aromatic rings. The Hall–Kier alpha value is -3.59. The summed E-state index contributed by atoms with van der Waals surface area (Å²) in [6.07, 6.45) is 2.70. The van der Waals surface area contributed by atoms with Crippen molar-refractivity contribution < 1.29 is 37.9 Å². The summed E-state index contributed by atoms with van der Waals surface area (Å²) < 4.78 is 54.2. The molecule has 4 aromatic carbocycles. The lowest BCUT2D eigenvalue weighted by atomic mass is 9.77.